The number of esters is 1. The molecule has 1 aliphatic rings. The molecule has 0 aliphatic heterocycles. The molecule has 0 radical (unpaired) electrons. The minimum Gasteiger partial charge on any atom is -0.481 e. The van der Waals surface area contributed by atoms with E-state index in [1.165, 1.54) is 7.11 Å². The van der Waals surface area contributed by atoms with E-state index in [1.807, 2.05) is 0 Å². The highest BCUT2D eigenvalue weighted by Gasteiger charge is 2.57. The van der Waals surface area contributed by atoms with E-state index in [0.29, 0.717) is 24.9 Å². The zero-order valence-corrected chi connectivity index (χ0v) is 11.7. The lowest BCUT2D eigenvalue weighted by atomic mass is 10.1. The Hall–Kier alpha value is -2.37. The van der Waals surface area contributed by atoms with Crippen LogP contribution in [0.3, 0.4) is 0 Å². The van der Waals surface area contributed by atoms with Crippen molar-refractivity contribution in [3.8, 4) is 0 Å². The summed E-state index contributed by atoms with van der Waals surface area (Å²) < 4.78 is 4.66. The topological polar surface area (TPSA) is 92.7 Å². The number of carboxylic acids is 1. The minimum atomic E-state index is -1.05. The van der Waals surface area contributed by atoms with Crippen molar-refractivity contribution < 1.29 is 24.2 Å². The zero-order valence-electron chi connectivity index (χ0n) is 11.7. The molecule has 0 saturated heterocycles. The van der Waals surface area contributed by atoms with E-state index < -0.39 is 17.4 Å². The third-order valence-corrected chi connectivity index (χ3v) is 3.57. The fourth-order valence-corrected chi connectivity index (χ4v) is 2.15. The summed E-state index contributed by atoms with van der Waals surface area (Å²) in [5, 5.41) is 11.4. The molecule has 1 saturated carbocycles. The number of rotatable bonds is 6. The van der Waals surface area contributed by atoms with E-state index in [0.717, 1.165) is 5.56 Å². The molecule has 1 aliphatic carbocycles. The van der Waals surface area contributed by atoms with Crippen LogP contribution >= 0.6 is 0 Å². The predicted octanol–water partition coefficient (Wildman–Crippen LogP) is 1.60. The van der Waals surface area contributed by atoms with Crippen molar-refractivity contribution in [3.05, 3.63) is 29.8 Å². The molecule has 0 aromatic heterocycles. The van der Waals surface area contributed by atoms with E-state index >= 15 is 0 Å². The first kappa shape index (κ1) is 15.0. The highest BCUT2D eigenvalue weighted by atomic mass is 16.5. The number of methoxy groups -OCH3 is 1. The molecule has 0 spiro atoms. The molecule has 1 fully saturated rings. The number of aliphatic carboxylic acids is 1. The quantitative estimate of drug-likeness (QED) is 0.613. The summed E-state index contributed by atoms with van der Waals surface area (Å²) in [6.07, 6.45) is 1.40. The number of amides is 1. The number of hydrogen-bond acceptors (Lipinski definition) is 4. The third-order valence-electron chi connectivity index (χ3n) is 3.57. The van der Waals surface area contributed by atoms with Gasteiger partial charge in [-0.25, -0.2) is 0 Å². The van der Waals surface area contributed by atoms with Gasteiger partial charge in [0.25, 0.3) is 0 Å². The molecule has 0 bridgehead atoms. The van der Waals surface area contributed by atoms with Crippen LogP contribution in [0.5, 0.6) is 0 Å². The number of carbonyl (C=O) groups excluding carboxylic acids is 2. The van der Waals surface area contributed by atoms with Crippen molar-refractivity contribution >= 4 is 23.5 Å². The van der Waals surface area contributed by atoms with Gasteiger partial charge in [0.1, 0.15) is 5.41 Å². The summed E-state index contributed by atoms with van der Waals surface area (Å²) in [6.45, 7) is 0. The van der Waals surface area contributed by atoms with Crippen molar-refractivity contribution in [1.29, 1.82) is 0 Å². The van der Waals surface area contributed by atoms with Gasteiger partial charge in [0, 0.05) is 12.1 Å². The van der Waals surface area contributed by atoms with Crippen LogP contribution in [0, 0.1) is 5.41 Å². The van der Waals surface area contributed by atoms with Crippen LogP contribution < -0.4 is 5.32 Å². The number of ether oxygens (including phenoxy) is 1. The molecule has 0 unspecified atom stereocenters. The number of carboxylic acid groups (broad SMARTS) is 1. The molecule has 21 heavy (non-hydrogen) atoms. The Kier molecular flexibility index (Phi) is 4.26. The molecule has 1 amide bonds. The van der Waals surface area contributed by atoms with E-state index in [9.17, 15) is 14.4 Å². The normalized spacial score (nSPS) is 15.1. The summed E-state index contributed by atoms with van der Waals surface area (Å²) in [6, 6.07) is 6.96. The summed E-state index contributed by atoms with van der Waals surface area (Å²) in [5.74, 6) is -1.75. The van der Waals surface area contributed by atoms with E-state index in [2.05, 4.69) is 10.1 Å². The molecular formula is C15H17NO5. The largest absolute Gasteiger partial charge is 0.481 e. The molecule has 1 aromatic carbocycles. The van der Waals surface area contributed by atoms with Crippen LogP contribution in [-0.2, 0) is 25.5 Å². The summed E-state index contributed by atoms with van der Waals surface area (Å²) >= 11 is 0. The lowest BCUT2D eigenvalue weighted by Crippen LogP contribution is -2.32. The molecule has 2 N–H and O–H groups in total. The van der Waals surface area contributed by atoms with Crippen molar-refractivity contribution in [2.24, 2.45) is 5.41 Å². The highest BCUT2D eigenvalue weighted by Crippen LogP contribution is 2.47. The Labute approximate surface area is 122 Å². The fraction of sp³-hybridized carbons (Fsp3) is 0.400. The molecule has 0 atom stereocenters. The van der Waals surface area contributed by atoms with Crippen LogP contribution in [0.1, 0.15) is 24.8 Å². The average molecular weight is 291 g/mol. The van der Waals surface area contributed by atoms with Crippen molar-refractivity contribution in [2.45, 2.75) is 25.7 Å². The maximum Gasteiger partial charge on any atom is 0.321 e. The lowest BCUT2D eigenvalue weighted by Gasteiger charge is -2.13. The summed E-state index contributed by atoms with van der Waals surface area (Å²) in [7, 11) is 1.27. The van der Waals surface area contributed by atoms with Crippen LogP contribution in [0.25, 0.3) is 0 Å². The molecule has 6 nitrogen and oxygen atoms in total. The van der Waals surface area contributed by atoms with Crippen LogP contribution in [-0.4, -0.2) is 30.1 Å². The van der Waals surface area contributed by atoms with Crippen LogP contribution in [0.15, 0.2) is 24.3 Å². The fourth-order valence-electron chi connectivity index (χ4n) is 2.15. The SMILES string of the molecule is COC(=O)C1(C(=O)Nc2cccc(CCC(=O)O)c2)CC1. The second kappa shape index (κ2) is 5.95. The number of aryl methyl sites for hydroxylation is 1. The van der Waals surface area contributed by atoms with Crippen LogP contribution in [0.2, 0.25) is 0 Å². The van der Waals surface area contributed by atoms with Gasteiger partial charge < -0.3 is 15.2 Å². The lowest BCUT2D eigenvalue weighted by molar-refractivity contribution is -0.150. The van der Waals surface area contributed by atoms with E-state index in [-0.39, 0.29) is 12.3 Å². The minimum absolute atomic E-state index is 0.0312. The van der Waals surface area contributed by atoms with Gasteiger partial charge in [-0.2, -0.15) is 0 Å². The molecule has 0 heterocycles. The monoisotopic (exact) mass is 291 g/mol. The van der Waals surface area contributed by atoms with Gasteiger partial charge in [0.05, 0.1) is 7.11 Å². The van der Waals surface area contributed by atoms with Gasteiger partial charge in [-0.15, -0.1) is 0 Å². The Morgan fingerprint density at radius 3 is 2.62 bits per heavy atom. The summed E-state index contributed by atoms with van der Waals surface area (Å²) in [5.41, 5.74) is 0.322. The Balaban J connectivity index is 2.03. The maximum absolute atomic E-state index is 12.2. The smallest absolute Gasteiger partial charge is 0.321 e. The highest BCUT2D eigenvalue weighted by molar-refractivity contribution is 6.11. The van der Waals surface area contributed by atoms with Crippen molar-refractivity contribution in [2.75, 3.05) is 12.4 Å². The average Bonchev–Trinajstić information content (AvgIpc) is 3.26. The maximum atomic E-state index is 12.2. The molecule has 6 heteroatoms. The zero-order chi connectivity index (χ0) is 15.5. The van der Waals surface area contributed by atoms with E-state index in [4.69, 9.17) is 5.11 Å². The van der Waals surface area contributed by atoms with Crippen molar-refractivity contribution in [1.82, 2.24) is 0 Å². The molecular weight excluding hydrogens is 274 g/mol. The summed E-state index contributed by atoms with van der Waals surface area (Å²) in [4.78, 5) is 34.4. The standard InChI is InChI=1S/C15H17NO5/c1-21-14(20)15(7-8-15)13(19)16-11-4-2-3-10(9-11)5-6-12(17)18/h2-4,9H,5-8H2,1H3,(H,16,19)(H,17,18). The number of anilines is 1. The first-order valence-electron chi connectivity index (χ1n) is 6.68. The number of nitrogens with one attached hydrogen (secondary N) is 1. The molecule has 1 aromatic rings. The number of carbonyl (C=O) groups is 3. The second-order valence-corrected chi connectivity index (χ2v) is 5.12. The molecule has 112 valence electrons. The number of benzene rings is 1. The van der Waals surface area contributed by atoms with Gasteiger partial charge in [0.2, 0.25) is 5.91 Å². The molecule has 2 rings (SSSR count). The van der Waals surface area contributed by atoms with E-state index in [1.54, 1.807) is 24.3 Å². The first-order valence-corrected chi connectivity index (χ1v) is 6.68. The Morgan fingerprint density at radius 2 is 2.05 bits per heavy atom. The van der Waals surface area contributed by atoms with Gasteiger partial charge in [-0.3, -0.25) is 14.4 Å². The number of hydrogen-bond donors (Lipinski definition) is 2. The van der Waals surface area contributed by atoms with Crippen molar-refractivity contribution in [3.63, 3.8) is 0 Å². The van der Waals surface area contributed by atoms with Gasteiger partial charge in [0.15, 0.2) is 0 Å². The van der Waals surface area contributed by atoms with Gasteiger partial charge in [-0.1, -0.05) is 12.1 Å². The van der Waals surface area contributed by atoms with Gasteiger partial charge >= 0.3 is 11.9 Å². The second-order valence-electron chi connectivity index (χ2n) is 5.12. The van der Waals surface area contributed by atoms with Crippen LogP contribution in [0.4, 0.5) is 5.69 Å². The Bertz CT molecular complexity index is 577. The Morgan fingerprint density at radius 1 is 1.33 bits per heavy atom. The first-order chi connectivity index (χ1) is 9.98. The predicted molar refractivity (Wildman–Crippen MR) is 74.7 cm³/mol. The van der Waals surface area contributed by atoms with Gasteiger partial charge in [-0.05, 0) is 37.0 Å². The third kappa shape index (κ3) is 3.39.